The van der Waals surface area contributed by atoms with E-state index in [1.54, 1.807) is 0 Å². The van der Waals surface area contributed by atoms with Gasteiger partial charge in [0, 0.05) is 69.4 Å². The van der Waals surface area contributed by atoms with Gasteiger partial charge >= 0.3 is 0 Å². The van der Waals surface area contributed by atoms with E-state index in [4.69, 9.17) is 34.3 Å². The Labute approximate surface area is 228 Å². The fourth-order valence-electron chi connectivity index (χ4n) is 2.75. The summed E-state index contributed by atoms with van der Waals surface area (Å²) in [6.07, 6.45) is -7.28. The summed E-state index contributed by atoms with van der Waals surface area (Å²) in [4.78, 5) is 38.1. The highest BCUT2D eigenvalue weighted by Gasteiger charge is 2.39. The van der Waals surface area contributed by atoms with Gasteiger partial charge in [0.1, 0.15) is 6.04 Å². The molecule has 0 unspecified atom stereocenters. The van der Waals surface area contributed by atoms with Crippen molar-refractivity contribution in [2.45, 2.75) is 38.3 Å². The van der Waals surface area contributed by atoms with Gasteiger partial charge < -0.3 is 15.0 Å². The highest BCUT2D eigenvalue weighted by atomic mass is 16.5. The molecule has 0 bridgehead atoms. The number of amides is 3. The highest BCUT2D eigenvalue weighted by Crippen LogP contribution is 2.32. The van der Waals surface area contributed by atoms with Gasteiger partial charge in [-0.2, -0.15) is 0 Å². The molecule has 0 radical (unpaired) electrons. The summed E-state index contributed by atoms with van der Waals surface area (Å²) in [5.74, 6) is -5.27. The Balaban J connectivity index is 1.71. The van der Waals surface area contributed by atoms with Crippen LogP contribution in [0.5, 0.6) is 0 Å². The van der Waals surface area contributed by atoms with Gasteiger partial charge in [0.2, 0.25) is 11.8 Å². The number of rotatable bonds is 6. The number of nitrogens with one attached hydrogen (secondary N) is 2. The van der Waals surface area contributed by atoms with Crippen LogP contribution in [0.2, 0.25) is 0 Å². The molecule has 0 spiro atoms. The van der Waals surface area contributed by atoms with Crippen LogP contribution in [0.4, 0.5) is 5.69 Å². The lowest BCUT2D eigenvalue weighted by atomic mass is 10.0. The lowest BCUT2D eigenvalue weighted by Gasteiger charge is -2.29. The molecule has 3 aliphatic heterocycles. The average Bonchev–Trinajstić information content (AvgIpc) is 3.23. The van der Waals surface area contributed by atoms with Crippen molar-refractivity contribution in [2.75, 3.05) is 31.4 Å². The summed E-state index contributed by atoms with van der Waals surface area (Å²) in [6, 6.07) is -12.7. The maximum Gasteiger partial charge on any atom is 0.255 e. The standard InChI is InChI=1S/C25H28N4O4/c30-23-9-8-22(24(31)27-23)29-16-20-19(25(29)32)2-1-3-21(20)26-14-17-4-6-18(7-5-17)15-28-10-12-33-13-11-28/h1-7,22,26H,8-16H2,(H,27,30,31)/t22-/m1/s1/i1D,2D,3D,4D,5D,6D,7D,8D2,9D2,10D2,11D2,12D2,13D2,14D2,15D2,16D2. The Bertz CT molecular complexity index is 2140. The van der Waals surface area contributed by atoms with Crippen molar-refractivity contribution in [3.63, 3.8) is 0 Å². The zero-order valence-electron chi connectivity index (χ0n) is 41.1. The minimum atomic E-state index is -4.02. The molecule has 2 aromatic rings. The number of carbonyl (C=O) groups excluding carboxylic acids is 3. The van der Waals surface area contributed by atoms with E-state index in [0.29, 0.717) is 0 Å². The van der Waals surface area contributed by atoms with Crippen molar-refractivity contribution in [1.82, 2.24) is 15.1 Å². The van der Waals surface area contributed by atoms with E-state index < -0.39 is 157 Å². The molecule has 3 heterocycles. The topological polar surface area (TPSA) is 91.0 Å². The average molecular weight is 474 g/mol. The SMILES string of the molecule is [2H]c1c([2H])c(NC([2H])([2H])c2c([2H])c([2H])c(C([2H])([2H])N3C([2H])([2H])C([2H])([2H])OC([2H])([2H])C3([2H])[2H])c([2H])c2[2H])c2c(c1[2H])C(=O)N([C@H]1C(=O)NC(=O)C([2H])([2H])C1([2H])[2H])C2([2H])[2H]. The monoisotopic (exact) mass is 473 g/mol. The lowest BCUT2D eigenvalue weighted by Crippen LogP contribution is -2.52. The van der Waals surface area contributed by atoms with Crippen molar-refractivity contribution >= 4 is 23.4 Å². The van der Waals surface area contributed by atoms with Gasteiger partial charge in [-0.05, 0) is 29.6 Å². The van der Waals surface area contributed by atoms with Gasteiger partial charge in [0.15, 0.2) is 0 Å². The highest BCUT2D eigenvalue weighted by molar-refractivity contribution is 6.06. The number of ether oxygens (including phenoxy) is 1. The third kappa shape index (κ3) is 4.62. The van der Waals surface area contributed by atoms with E-state index in [-0.39, 0.29) is 4.90 Å². The number of hydrogen-bond donors (Lipinski definition) is 2. The summed E-state index contributed by atoms with van der Waals surface area (Å²) < 4.78 is 213. The van der Waals surface area contributed by atoms with Crippen LogP contribution in [0.15, 0.2) is 42.3 Å². The van der Waals surface area contributed by atoms with E-state index >= 15 is 0 Å². The van der Waals surface area contributed by atoms with E-state index in [1.165, 1.54) is 5.32 Å². The normalized spacial score (nSPS) is 43.8. The van der Waals surface area contributed by atoms with Crippen LogP contribution in [-0.4, -0.2) is 59.7 Å². The van der Waals surface area contributed by atoms with Gasteiger partial charge in [0.25, 0.3) is 5.91 Å². The fraction of sp³-hybridized carbons (Fsp3) is 0.400. The molecule has 172 valence electrons. The zero-order chi connectivity index (χ0) is 45.0. The number of imide groups is 1. The molecule has 0 aromatic heterocycles. The minimum Gasteiger partial charge on any atom is -0.381 e. The third-order valence-electron chi connectivity index (χ3n) is 4.18. The van der Waals surface area contributed by atoms with Crippen molar-refractivity contribution in [3.8, 4) is 0 Å². The van der Waals surface area contributed by atoms with Gasteiger partial charge in [-0.25, -0.2) is 0 Å². The molecule has 3 amide bonds. The maximum absolute atomic E-state index is 13.8. The Morgan fingerprint density at radius 2 is 1.88 bits per heavy atom. The number of morpholine rings is 1. The lowest BCUT2D eigenvalue weighted by molar-refractivity contribution is -0.136. The Morgan fingerprint density at radius 3 is 2.67 bits per heavy atom. The number of carbonyl (C=O) groups is 3. The molecule has 0 aliphatic carbocycles. The molecule has 5 rings (SSSR count). The number of benzene rings is 2. The van der Waals surface area contributed by atoms with Crippen LogP contribution in [0.25, 0.3) is 0 Å². The molecular formula is C25H28N4O4. The maximum atomic E-state index is 13.8. The minimum absolute atomic E-state index is 0.213. The Morgan fingerprint density at radius 1 is 1.12 bits per heavy atom. The molecule has 3 aliphatic rings. The van der Waals surface area contributed by atoms with E-state index in [2.05, 4.69) is 4.74 Å². The molecule has 8 heteroatoms. The Hall–Kier alpha value is -3.23. The smallest absolute Gasteiger partial charge is 0.255 e. The van der Waals surface area contributed by atoms with Crippen molar-refractivity contribution < 1.29 is 53.4 Å². The molecule has 2 fully saturated rings. The van der Waals surface area contributed by atoms with Crippen molar-refractivity contribution in [2.24, 2.45) is 0 Å². The summed E-state index contributed by atoms with van der Waals surface area (Å²) >= 11 is 0. The van der Waals surface area contributed by atoms with Crippen LogP contribution in [0.3, 0.4) is 0 Å². The molecule has 1 atom stereocenters. The fourth-order valence-corrected chi connectivity index (χ4v) is 2.75. The predicted molar refractivity (Wildman–Crippen MR) is 122 cm³/mol. The molecule has 8 nitrogen and oxygen atoms in total. The summed E-state index contributed by atoms with van der Waals surface area (Å²) in [6.45, 7) is -26.9. The van der Waals surface area contributed by atoms with Gasteiger partial charge in [-0.1, -0.05) is 30.2 Å². The Kier molecular flexibility index (Phi) is 2.02. The quantitative estimate of drug-likeness (QED) is 0.623. The summed E-state index contributed by atoms with van der Waals surface area (Å²) in [5, 5.41) is 3.37. The van der Waals surface area contributed by atoms with Gasteiger partial charge in [-0.15, -0.1) is 0 Å². The second-order valence-corrected chi connectivity index (χ2v) is 6.25. The summed E-state index contributed by atoms with van der Waals surface area (Å²) in [7, 11) is 0. The van der Waals surface area contributed by atoms with Crippen LogP contribution < -0.4 is 10.6 Å². The predicted octanol–water partition coefficient (Wildman–Crippen LogP) is 1.89. The van der Waals surface area contributed by atoms with E-state index in [9.17, 15) is 14.4 Å². The third-order valence-corrected chi connectivity index (χ3v) is 4.18. The first-order valence-electron chi connectivity index (χ1n) is 21.5. The summed E-state index contributed by atoms with van der Waals surface area (Å²) in [5.41, 5.74) is -6.59. The van der Waals surface area contributed by atoms with E-state index in [0.717, 1.165) is 0 Å². The zero-order valence-corrected chi connectivity index (χ0v) is 16.1. The van der Waals surface area contributed by atoms with Crippen molar-refractivity contribution in [1.29, 1.82) is 0 Å². The number of anilines is 1. The first-order chi connectivity index (χ1) is 25.7. The molecule has 2 aromatic carbocycles. The largest absolute Gasteiger partial charge is 0.381 e. The van der Waals surface area contributed by atoms with Crippen LogP contribution >= 0.6 is 0 Å². The number of fused-ring (bicyclic) bond motifs is 1. The number of piperidine rings is 1. The van der Waals surface area contributed by atoms with Crippen LogP contribution in [0.1, 0.15) is 74.1 Å². The second kappa shape index (κ2) is 9.33. The molecule has 0 saturated carbocycles. The number of hydrogen-bond acceptors (Lipinski definition) is 6. The van der Waals surface area contributed by atoms with Crippen LogP contribution in [0, 0.1) is 0 Å². The van der Waals surface area contributed by atoms with E-state index in [1.807, 2.05) is 5.32 Å². The number of nitrogens with zero attached hydrogens (tertiary/aromatic N) is 2. The van der Waals surface area contributed by atoms with Crippen molar-refractivity contribution in [3.05, 3.63) is 64.6 Å². The van der Waals surface area contributed by atoms with Gasteiger partial charge in [-0.3, -0.25) is 24.6 Å². The van der Waals surface area contributed by atoms with Gasteiger partial charge in [0.05, 0.1) is 33.7 Å². The van der Waals surface area contributed by atoms with Crippen LogP contribution in [-0.2, 0) is 33.8 Å². The molecular weight excluding hydrogens is 420 g/mol. The molecule has 2 saturated heterocycles. The second-order valence-electron chi connectivity index (χ2n) is 6.25. The molecule has 33 heavy (non-hydrogen) atoms. The first kappa shape index (κ1) is 7.13. The first-order valence-corrected chi connectivity index (χ1v) is 8.97. The molecule has 2 N–H and O–H groups in total.